The third kappa shape index (κ3) is 7.06. The molecule has 0 bridgehead atoms. The van der Waals surface area contributed by atoms with Crippen LogP contribution in [0.3, 0.4) is 0 Å². The van der Waals surface area contributed by atoms with Crippen LogP contribution in [0.2, 0.25) is 5.02 Å². The molecule has 50 heavy (non-hydrogen) atoms. The number of hydrogen-bond donors (Lipinski definition) is 1. The van der Waals surface area contributed by atoms with Crippen molar-refractivity contribution in [1.29, 1.82) is 0 Å². The van der Waals surface area contributed by atoms with Gasteiger partial charge in [-0.05, 0) is 70.3 Å². The van der Waals surface area contributed by atoms with Crippen LogP contribution in [-0.4, -0.2) is 55.4 Å². The number of rotatable bonds is 9. The highest BCUT2D eigenvalue weighted by Gasteiger charge is 2.43. The Morgan fingerprint density at radius 2 is 1.54 bits per heavy atom. The van der Waals surface area contributed by atoms with E-state index in [2.05, 4.69) is 29.2 Å². The molecule has 7 rings (SSSR count). The fraction of sp³-hybridized carbons (Fsp3) is 0.220. The number of piperazine rings is 1. The van der Waals surface area contributed by atoms with Gasteiger partial charge in [0.25, 0.3) is 5.91 Å². The van der Waals surface area contributed by atoms with E-state index in [1.54, 1.807) is 23.1 Å². The van der Waals surface area contributed by atoms with Crippen LogP contribution < -0.4 is 15.5 Å². The number of fused-ring (bicyclic) bond motifs is 1. The van der Waals surface area contributed by atoms with E-state index in [1.165, 1.54) is 12.1 Å². The van der Waals surface area contributed by atoms with Crippen LogP contribution in [0.5, 0.6) is 0 Å². The summed E-state index contributed by atoms with van der Waals surface area (Å²) >= 11 is 6.61. The van der Waals surface area contributed by atoms with Gasteiger partial charge in [0.15, 0.2) is 6.10 Å². The van der Waals surface area contributed by atoms with E-state index in [4.69, 9.17) is 22.1 Å². The second kappa shape index (κ2) is 14.9. The van der Waals surface area contributed by atoms with Crippen LogP contribution in [0.1, 0.15) is 28.4 Å². The van der Waals surface area contributed by atoms with E-state index in [0.717, 1.165) is 45.4 Å². The maximum atomic E-state index is 14.9. The smallest absolute Gasteiger partial charge is 0.258 e. The Kier molecular flexibility index (Phi) is 10.1. The molecule has 9 heteroatoms. The summed E-state index contributed by atoms with van der Waals surface area (Å²) in [6.07, 6.45) is -0.983. The molecule has 3 atom stereocenters. The molecule has 0 spiro atoms. The molecule has 3 unspecified atom stereocenters. The van der Waals surface area contributed by atoms with Crippen molar-refractivity contribution in [2.75, 3.05) is 36.0 Å². The molecule has 254 valence electrons. The summed E-state index contributed by atoms with van der Waals surface area (Å²) < 4.78 is 20.4. The van der Waals surface area contributed by atoms with Crippen LogP contribution >= 0.6 is 11.6 Å². The number of ether oxygens (including phenoxy) is 1. The first kappa shape index (κ1) is 33.6. The van der Waals surface area contributed by atoms with E-state index in [9.17, 15) is 14.0 Å². The summed E-state index contributed by atoms with van der Waals surface area (Å²) in [5.74, 6) is -0.598. The molecule has 2 aliphatic heterocycles. The van der Waals surface area contributed by atoms with Crippen molar-refractivity contribution in [2.24, 2.45) is 5.73 Å². The lowest BCUT2D eigenvalue weighted by molar-refractivity contribution is -0.142. The minimum atomic E-state index is -1.12. The number of anilines is 2. The molecular formula is C41H38ClFN4O3. The number of nitrogens with two attached hydrogens (primary N) is 1. The van der Waals surface area contributed by atoms with Gasteiger partial charge in [0.05, 0.1) is 12.2 Å². The maximum Gasteiger partial charge on any atom is 0.258 e. The maximum absolute atomic E-state index is 14.9. The second-order valence-corrected chi connectivity index (χ2v) is 13.1. The molecule has 0 radical (unpaired) electrons. The zero-order valence-corrected chi connectivity index (χ0v) is 28.3. The zero-order valence-electron chi connectivity index (χ0n) is 27.5. The molecular weight excluding hydrogens is 651 g/mol. The third-order valence-electron chi connectivity index (χ3n) is 9.62. The molecule has 0 saturated carbocycles. The van der Waals surface area contributed by atoms with E-state index in [0.29, 0.717) is 43.4 Å². The topological polar surface area (TPSA) is 79.1 Å². The molecule has 1 fully saturated rings. The van der Waals surface area contributed by atoms with Crippen LogP contribution in [0.25, 0.3) is 11.1 Å². The highest BCUT2D eigenvalue weighted by molar-refractivity contribution is 6.30. The van der Waals surface area contributed by atoms with Gasteiger partial charge in [-0.2, -0.15) is 0 Å². The summed E-state index contributed by atoms with van der Waals surface area (Å²) in [5.41, 5.74) is 13.2. The van der Waals surface area contributed by atoms with E-state index in [-0.39, 0.29) is 18.3 Å². The predicted octanol–water partition coefficient (Wildman–Crippen LogP) is 7.02. The average Bonchev–Trinajstić information content (AvgIpc) is 3.27. The Balaban J connectivity index is 1.25. The van der Waals surface area contributed by atoms with Gasteiger partial charge >= 0.3 is 0 Å². The van der Waals surface area contributed by atoms with Crippen LogP contribution in [0.4, 0.5) is 15.8 Å². The fourth-order valence-corrected chi connectivity index (χ4v) is 7.14. The van der Waals surface area contributed by atoms with Crippen molar-refractivity contribution in [1.82, 2.24) is 4.90 Å². The number of hydrogen-bond acceptors (Lipinski definition) is 6. The van der Waals surface area contributed by atoms with Crippen molar-refractivity contribution in [2.45, 2.75) is 31.3 Å². The molecule has 2 heterocycles. The van der Waals surface area contributed by atoms with Crippen molar-refractivity contribution in [3.8, 4) is 11.1 Å². The summed E-state index contributed by atoms with van der Waals surface area (Å²) in [6, 6.07) is 37.1. The van der Waals surface area contributed by atoms with Crippen LogP contribution in [0, 0.1) is 5.82 Å². The molecule has 7 nitrogen and oxygen atoms in total. The summed E-state index contributed by atoms with van der Waals surface area (Å²) in [5, 5.41) is 0.509. The van der Waals surface area contributed by atoms with Gasteiger partial charge in [0.2, 0.25) is 0 Å². The van der Waals surface area contributed by atoms with Crippen molar-refractivity contribution in [3.05, 3.63) is 154 Å². The van der Waals surface area contributed by atoms with Gasteiger partial charge < -0.3 is 25.1 Å². The number of carbonyl (C=O) groups is 2. The lowest BCUT2D eigenvalue weighted by Gasteiger charge is -2.41. The van der Waals surface area contributed by atoms with Crippen molar-refractivity contribution >= 4 is 35.2 Å². The average molecular weight is 689 g/mol. The first-order valence-electron chi connectivity index (χ1n) is 16.8. The van der Waals surface area contributed by atoms with Gasteiger partial charge in [-0.3, -0.25) is 9.69 Å². The quantitative estimate of drug-likeness (QED) is 0.168. The Hall–Kier alpha value is -4.86. The van der Waals surface area contributed by atoms with Gasteiger partial charge in [-0.15, -0.1) is 0 Å². The SMILES string of the molecule is NCc1cccc(C2OC(C(C=O)N3CCN(c4ccc(F)cc4)CC3)C(=O)N(Cc3ccc(-c4ccccc4)cc3)c3ccc(Cl)cc32)c1. The lowest BCUT2D eigenvalue weighted by Crippen LogP contribution is -2.58. The van der Waals surface area contributed by atoms with Crippen LogP contribution in [-0.2, 0) is 27.4 Å². The first-order valence-corrected chi connectivity index (χ1v) is 17.2. The molecule has 5 aromatic carbocycles. The Bertz CT molecular complexity index is 1950. The molecule has 5 aromatic rings. The molecule has 0 aliphatic carbocycles. The summed E-state index contributed by atoms with van der Waals surface area (Å²) in [7, 11) is 0. The van der Waals surface area contributed by atoms with E-state index in [1.807, 2.05) is 71.6 Å². The zero-order chi connectivity index (χ0) is 34.6. The number of nitrogens with zero attached hydrogens (tertiary/aromatic N) is 3. The highest BCUT2D eigenvalue weighted by Crippen LogP contribution is 2.41. The van der Waals surface area contributed by atoms with Crippen molar-refractivity contribution < 1.29 is 18.7 Å². The number of halogens is 2. The van der Waals surface area contributed by atoms with Gasteiger partial charge in [-0.1, -0.05) is 90.5 Å². The summed E-state index contributed by atoms with van der Waals surface area (Å²) in [6.45, 7) is 2.84. The molecule has 2 aliphatic rings. The standard InChI is InChI=1S/C41H38ClFN4O3/c42-33-13-18-37-36(24-33)39(32-8-4-5-29(23-32)25-44)50-40(38(27-48)46-21-19-45(20-22-46)35-16-14-34(43)15-17-35)41(49)47(37)26-28-9-11-31(12-10-28)30-6-2-1-3-7-30/h1-18,23-24,27,38-40H,19-22,25-26,44H2. The van der Waals surface area contributed by atoms with Gasteiger partial charge in [0.1, 0.15) is 24.2 Å². The number of benzene rings is 5. The molecule has 1 saturated heterocycles. The van der Waals surface area contributed by atoms with Gasteiger partial charge in [-0.25, -0.2) is 4.39 Å². The minimum Gasteiger partial charge on any atom is -0.369 e. The normalized spacial score (nSPS) is 18.7. The fourth-order valence-electron chi connectivity index (χ4n) is 6.96. The largest absolute Gasteiger partial charge is 0.369 e. The molecule has 0 aromatic heterocycles. The third-order valence-corrected chi connectivity index (χ3v) is 9.86. The monoisotopic (exact) mass is 688 g/mol. The van der Waals surface area contributed by atoms with Gasteiger partial charge in [0, 0.05) is 49.0 Å². The Labute approximate surface area is 296 Å². The van der Waals surface area contributed by atoms with Crippen LogP contribution in [0.15, 0.2) is 121 Å². The van der Waals surface area contributed by atoms with E-state index >= 15 is 0 Å². The van der Waals surface area contributed by atoms with E-state index < -0.39 is 18.2 Å². The Morgan fingerprint density at radius 1 is 0.820 bits per heavy atom. The molecule has 2 N–H and O–H groups in total. The van der Waals surface area contributed by atoms with Crippen molar-refractivity contribution in [3.63, 3.8) is 0 Å². The first-order chi connectivity index (χ1) is 24.4. The predicted molar refractivity (Wildman–Crippen MR) is 196 cm³/mol. The highest BCUT2D eigenvalue weighted by atomic mass is 35.5. The summed E-state index contributed by atoms with van der Waals surface area (Å²) in [4.78, 5) is 33.8. The molecule has 1 amide bonds. The minimum absolute atomic E-state index is 0.266. The number of aldehydes is 1. The Morgan fingerprint density at radius 3 is 2.24 bits per heavy atom. The lowest BCUT2D eigenvalue weighted by atomic mass is 9.97. The number of carbonyl (C=O) groups excluding carboxylic acids is 2. The second-order valence-electron chi connectivity index (χ2n) is 12.7. The number of amides is 1.